The van der Waals surface area contributed by atoms with Crippen LogP contribution in [-0.4, -0.2) is 88.0 Å². The van der Waals surface area contributed by atoms with Crippen LogP contribution in [0, 0.1) is 30.6 Å². The fourth-order valence-electron chi connectivity index (χ4n) is 8.23. The third-order valence-electron chi connectivity index (χ3n) is 11.6. The van der Waals surface area contributed by atoms with Crippen molar-refractivity contribution in [1.29, 1.82) is 0 Å². The molecule has 5 atom stereocenters. The number of aromatic nitrogens is 2. The number of fused-ring (bicyclic) bond motifs is 1. The number of hydrogen-bond acceptors (Lipinski definition) is 11. The lowest BCUT2D eigenvalue weighted by molar-refractivity contribution is -0.148. The van der Waals surface area contributed by atoms with Crippen LogP contribution < -0.4 is 15.4 Å². The Morgan fingerprint density at radius 2 is 1.75 bits per heavy atom. The van der Waals surface area contributed by atoms with Gasteiger partial charge in [-0.25, -0.2) is 19.6 Å². The number of Topliss-reactive ketones (excluding diaryl/α,β-unsaturated/α-hetero) is 1. The molecule has 14 heteroatoms. The van der Waals surface area contributed by atoms with Crippen molar-refractivity contribution in [3.63, 3.8) is 0 Å². The molecule has 1 saturated heterocycles. The molecule has 2 aliphatic carbocycles. The highest BCUT2D eigenvalue weighted by atomic mass is 32.1. The monoisotopic (exact) mass is 829 g/mol. The second-order valence-electron chi connectivity index (χ2n) is 18.7. The number of pyridine rings is 1. The van der Waals surface area contributed by atoms with Gasteiger partial charge in [-0.3, -0.25) is 14.4 Å². The van der Waals surface area contributed by atoms with Crippen molar-refractivity contribution < 1.29 is 38.2 Å². The van der Waals surface area contributed by atoms with Crippen molar-refractivity contribution in [2.75, 3.05) is 13.7 Å². The third kappa shape index (κ3) is 9.80. The number of nitrogens with zero attached hydrogens (tertiary/aromatic N) is 3. The molecule has 3 heterocycles. The van der Waals surface area contributed by atoms with E-state index in [1.54, 1.807) is 6.08 Å². The van der Waals surface area contributed by atoms with Gasteiger partial charge in [0, 0.05) is 35.6 Å². The first-order chi connectivity index (χ1) is 27.7. The molecular weight excluding hydrogens is 771 g/mol. The van der Waals surface area contributed by atoms with Crippen LogP contribution in [0.4, 0.5) is 4.79 Å². The Labute approximate surface area is 351 Å². The third-order valence-corrected chi connectivity index (χ3v) is 12.5. The first-order valence-electron chi connectivity index (χ1n) is 20.6. The van der Waals surface area contributed by atoms with E-state index in [9.17, 15) is 24.0 Å². The van der Waals surface area contributed by atoms with E-state index in [2.05, 4.69) is 17.2 Å². The predicted molar refractivity (Wildman–Crippen MR) is 226 cm³/mol. The standard InChI is InChI=1S/C45H59N5O8S/c1-11-27-21-45(27,41(54)56-10)49-39(52)34-19-30(23-50(34)40(53)38(44(7,8)9)48-42(55)58-29-14-12-13-15-29)57-35-20-32(47-37-26(3)25(2)16-17-31(35)37)33-24-59-36(46-33)18-28(51)22-43(4,5)6/h11,16-17,20,24,27,29-30,34,38H,1,12-15,18-19,21-23H2,2-10H3,(H,48,55)(H,49,52)/t27-,30-,34+,38-,45-/m1/s1. The Bertz CT molecular complexity index is 2130. The van der Waals surface area contributed by atoms with E-state index in [0.717, 1.165) is 47.7 Å². The molecule has 3 aromatic rings. The molecule has 2 aromatic heterocycles. The molecule has 59 heavy (non-hydrogen) atoms. The number of carbonyl (C=O) groups excluding carboxylic acids is 5. The van der Waals surface area contributed by atoms with Gasteiger partial charge in [-0.15, -0.1) is 17.9 Å². The first kappa shape index (κ1) is 43.7. The number of benzene rings is 1. The van der Waals surface area contributed by atoms with Gasteiger partial charge >= 0.3 is 12.1 Å². The summed E-state index contributed by atoms with van der Waals surface area (Å²) >= 11 is 1.41. The van der Waals surface area contributed by atoms with Gasteiger partial charge in [-0.1, -0.05) is 53.7 Å². The van der Waals surface area contributed by atoms with Gasteiger partial charge < -0.3 is 29.7 Å². The first-order valence-corrected chi connectivity index (χ1v) is 21.5. The van der Waals surface area contributed by atoms with Crippen molar-refractivity contribution in [1.82, 2.24) is 25.5 Å². The normalized spacial score (nSPS) is 22.5. The average Bonchev–Trinajstić information content (AvgIpc) is 3.58. The average molecular weight is 830 g/mol. The van der Waals surface area contributed by atoms with Gasteiger partial charge in [0.25, 0.3) is 0 Å². The highest BCUT2D eigenvalue weighted by molar-refractivity contribution is 7.10. The van der Waals surface area contributed by atoms with Gasteiger partial charge in [0.15, 0.2) is 0 Å². The van der Waals surface area contributed by atoms with Gasteiger partial charge in [0.1, 0.15) is 52.1 Å². The molecule has 0 spiro atoms. The molecule has 3 amide bonds. The van der Waals surface area contributed by atoms with E-state index in [4.69, 9.17) is 24.2 Å². The molecule has 318 valence electrons. The van der Waals surface area contributed by atoms with Crippen LogP contribution in [0.2, 0.25) is 0 Å². The smallest absolute Gasteiger partial charge is 0.408 e. The number of likely N-dealkylation sites (tertiary alicyclic amines) is 1. The molecule has 0 unspecified atom stereocenters. The minimum absolute atomic E-state index is 0.0136. The molecular formula is C45H59N5O8S. The summed E-state index contributed by atoms with van der Waals surface area (Å²) in [6.45, 7) is 19.5. The van der Waals surface area contributed by atoms with Gasteiger partial charge in [0.2, 0.25) is 11.8 Å². The summed E-state index contributed by atoms with van der Waals surface area (Å²) in [5.74, 6) is -1.32. The summed E-state index contributed by atoms with van der Waals surface area (Å²) < 4.78 is 17.6. The fourth-order valence-corrected chi connectivity index (χ4v) is 9.04. The fraction of sp³-hybridized carbons (Fsp3) is 0.578. The van der Waals surface area contributed by atoms with Crippen LogP contribution in [0.5, 0.6) is 5.75 Å². The summed E-state index contributed by atoms with van der Waals surface area (Å²) in [4.78, 5) is 79.4. The number of alkyl carbamates (subject to hydrolysis) is 1. The number of nitrogens with one attached hydrogen (secondary N) is 2. The molecule has 3 fully saturated rings. The van der Waals surface area contributed by atoms with E-state index < -0.39 is 53.0 Å². The molecule has 1 aromatic carbocycles. The topological polar surface area (TPSA) is 166 Å². The number of thiazole rings is 1. The Morgan fingerprint density at radius 1 is 1.03 bits per heavy atom. The van der Waals surface area contributed by atoms with Gasteiger partial charge in [-0.2, -0.15) is 0 Å². The van der Waals surface area contributed by atoms with Crippen LogP contribution >= 0.6 is 11.3 Å². The summed E-state index contributed by atoms with van der Waals surface area (Å²) in [6.07, 6.45) is 4.64. The van der Waals surface area contributed by atoms with Crippen molar-refractivity contribution >= 4 is 51.9 Å². The zero-order valence-electron chi connectivity index (χ0n) is 35.9. The van der Waals surface area contributed by atoms with E-state index in [0.29, 0.717) is 35.0 Å². The summed E-state index contributed by atoms with van der Waals surface area (Å²) in [5, 5.41) is 9.08. The minimum Gasteiger partial charge on any atom is -0.488 e. The zero-order chi connectivity index (χ0) is 43.0. The lowest BCUT2D eigenvalue weighted by Gasteiger charge is -2.35. The number of ether oxygens (including phenoxy) is 3. The molecule has 2 N–H and O–H groups in total. The van der Waals surface area contributed by atoms with Gasteiger partial charge in [-0.05, 0) is 74.0 Å². The van der Waals surface area contributed by atoms with Crippen LogP contribution in [0.15, 0.2) is 36.2 Å². The Kier molecular flexibility index (Phi) is 12.6. The molecule has 6 rings (SSSR count). The highest BCUT2D eigenvalue weighted by Crippen LogP contribution is 2.46. The number of ketones is 1. The second-order valence-corrected chi connectivity index (χ2v) is 19.7. The van der Waals surface area contributed by atoms with Crippen LogP contribution in [0.1, 0.15) is 103 Å². The van der Waals surface area contributed by atoms with Crippen LogP contribution in [-0.2, 0) is 35.1 Å². The molecule has 3 aliphatic rings. The highest BCUT2D eigenvalue weighted by Gasteiger charge is 2.62. The number of methoxy groups -OCH3 is 1. The summed E-state index contributed by atoms with van der Waals surface area (Å²) in [7, 11) is 1.27. The number of carbonyl (C=O) groups is 5. The zero-order valence-corrected chi connectivity index (χ0v) is 36.7. The lowest BCUT2D eigenvalue weighted by atomic mass is 9.85. The lowest BCUT2D eigenvalue weighted by Crippen LogP contribution is -2.59. The molecule has 13 nitrogen and oxygen atoms in total. The maximum absolute atomic E-state index is 14.7. The largest absolute Gasteiger partial charge is 0.488 e. The number of esters is 1. The SMILES string of the molecule is C=C[C@@H]1C[C@]1(NC(=O)[C@@H]1C[C@@H](Oc2cc(-c3csc(CC(=O)CC(C)(C)C)n3)nc3c(C)c(C)ccc23)CN1C(=O)[C@@H](NC(=O)OC1CCCC1)C(C)(C)C)C(=O)OC. The summed E-state index contributed by atoms with van der Waals surface area (Å²) in [5.41, 5.74) is 1.72. The Morgan fingerprint density at radius 3 is 2.37 bits per heavy atom. The van der Waals surface area contributed by atoms with E-state index >= 15 is 0 Å². The quantitative estimate of drug-likeness (QED) is 0.133. The van der Waals surface area contributed by atoms with E-state index in [1.165, 1.54) is 23.3 Å². The molecule has 0 bridgehead atoms. The Hall–Kier alpha value is -4.85. The maximum atomic E-state index is 14.7. The maximum Gasteiger partial charge on any atom is 0.408 e. The molecule has 2 saturated carbocycles. The van der Waals surface area contributed by atoms with Crippen LogP contribution in [0.3, 0.4) is 0 Å². The predicted octanol–water partition coefficient (Wildman–Crippen LogP) is 7.19. The van der Waals surface area contributed by atoms with Crippen LogP contribution in [0.25, 0.3) is 22.3 Å². The van der Waals surface area contributed by atoms with E-state index in [1.807, 2.05) is 79.0 Å². The van der Waals surface area contributed by atoms with Crippen molar-refractivity contribution in [2.45, 2.75) is 137 Å². The molecule has 0 radical (unpaired) electrons. The number of aryl methyl sites for hydroxylation is 2. The number of rotatable bonds is 13. The van der Waals surface area contributed by atoms with Gasteiger partial charge in [0.05, 0.1) is 31.3 Å². The minimum atomic E-state index is -1.29. The number of hydrogen-bond donors (Lipinski definition) is 2. The van der Waals surface area contributed by atoms with E-state index in [-0.39, 0.29) is 42.6 Å². The summed E-state index contributed by atoms with van der Waals surface area (Å²) in [6, 6.07) is 3.66. The van der Waals surface area contributed by atoms with Crippen molar-refractivity contribution in [3.8, 4) is 17.1 Å². The molecule has 1 aliphatic heterocycles. The Balaban J connectivity index is 1.33. The van der Waals surface area contributed by atoms with Crippen molar-refractivity contribution in [2.24, 2.45) is 16.7 Å². The second kappa shape index (κ2) is 17.0. The van der Waals surface area contributed by atoms with Crippen molar-refractivity contribution in [3.05, 3.63) is 52.4 Å². The number of amides is 3.